The van der Waals surface area contributed by atoms with Gasteiger partial charge in [0.05, 0.1) is 0 Å². The first-order chi connectivity index (χ1) is 6.86. The van der Waals surface area contributed by atoms with Gasteiger partial charge in [-0.3, -0.25) is 0 Å². The van der Waals surface area contributed by atoms with E-state index < -0.39 is 0 Å². The van der Waals surface area contributed by atoms with Gasteiger partial charge in [0.2, 0.25) is 0 Å². The monoisotopic (exact) mass is 211 g/mol. The predicted molar refractivity (Wildman–Crippen MR) is 64.1 cm³/mol. The summed E-state index contributed by atoms with van der Waals surface area (Å²) in [6.45, 7) is 11.5. The van der Waals surface area contributed by atoms with Gasteiger partial charge in [-0.2, -0.15) is 0 Å². The van der Waals surface area contributed by atoms with Crippen molar-refractivity contribution in [2.24, 2.45) is 0 Å². The van der Waals surface area contributed by atoms with E-state index in [9.17, 15) is 0 Å². The molecule has 0 aromatic heterocycles. The molecule has 3 N–H and O–H groups in total. The Morgan fingerprint density at radius 1 is 0.933 bits per heavy atom. The van der Waals surface area contributed by atoms with Crippen LogP contribution in [0.3, 0.4) is 0 Å². The van der Waals surface area contributed by atoms with Crippen LogP contribution >= 0.6 is 0 Å². The number of hydrogen-bond donors (Lipinski definition) is 3. The van der Waals surface area contributed by atoms with Crippen LogP contribution < -0.4 is 16.0 Å². The zero-order valence-corrected chi connectivity index (χ0v) is 10.5. The normalized spacial score (nSPS) is 31.2. The molecular formula is C12H25N3. The largest absolute Gasteiger partial charge is 0.314 e. The molecule has 0 radical (unpaired) electrons. The van der Waals surface area contributed by atoms with Crippen LogP contribution in [-0.4, -0.2) is 36.3 Å². The third kappa shape index (κ3) is 2.92. The van der Waals surface area contributed by atoms with E-state index in [0.29, 0.717) is 12.1 Å². The standard InChI is InChI=1S/C12H25N3/c1-11(2)5-9(6-12(3,4)15-11)14-10-7-13-8-10/h9-10,13-15H,5-8H2,1-4H3. The summed E-state index contributed by atoms with van der Waals surface area (Å²) in [5, 5.41) is 10.8. The Balaban J connectivity index is 1.93. The maximum atomic E-state index is 3.76. The minimum absolute atomic E-state index is 0.261. The van der Waals surface area contributed by atoms with Gasteiger partial charge in [0.15, 0.2) is 0 Å². The first-order valence-corrected chi connectivity index (χ1v) is 6.12. The van der Waals surface area contributed by atoms with Crippen LogP contribution in [0.15, 0.2) is 0 Å². The van der Waals surface area contributed by atoms with Crippen LogP contribution in [0.1, 0.15) is 40.5 Å². The number of hydrogen-bond acceptors (Lipinski definition) is 3. The van der Waals surface area contributed by atoms with Crippen molar-refractivity contribution in [2.45, 2.75) is 63.7 Å². The van der Waals surface area contributed by atoms with Crippen LogP contribution in [0.5, 0.6) is 0 Å². The zero-order chi connectivity index (χ0) is 11.1. The van der Waals surface area contributed by atoms with E-state index in [1.165, 1.54) is 12.8 Å². The van der Waals surface area contributed by atoms with E-state index in [1.807, 2.05) is 0 Å². The Bertz CT molecular complexity index is 215. The molecule has 0 aliphatic carbocycles. The van der Waals surface area contributed by atoms with Crippen molar-refractivity contribution in [3.8, 4) is 0 Å². The third-order valence-corrected chi connectivity index (χ3v) is 3.44. The Morgan fingerprint density at radius 2 is 1.47 bits per heavy atom. The highest BCUT2D eigenvalue weighted by Crippen LogP contribution is 2.28. The first kappa shape index (κ1) is 11.4. The SMILES string of the molecule is CC1(C)CC(NC2CNC2)CC(C)(C)N1. The molecule has 2 heterocycles. The van der Waals surface area contributed by atoms with E-state index in [4.69, 9.17) is 0 Å². The first-order valence-electron chi connectivity index (χ1n) is 6.12. The van der Waals surface area contributed by atoms with Crippen molar-refractivity contribution < 1.29 is 0 Å². The summed E-state index contributed by atoms with van der Waals surface area (Å²) in [4.78, 5) is 0. The van der Waals surface area contributed by atoms with Gasteiger partial charge in [-0.25, -0.2) is 0 Å². The molecule has 2 fully saturated rings. The van der Waals surface area contributed by atoms with E-state index in [0.717, 1.165) is 13.1 Å². The summed E-state index contributed by atoms with van der Waals surface area (Å²) in [7, 11) is 0. The molecule has 0 atom stereocenters. The number of rotatable bonds is 2. The molecule has 2 saturated heterocycles. The number of nitrogens with one attached hydrogen (secondary N) is 3. The molecule has 2 aliphatic rings. The second kappa shape index (κ2) is 3.72. The van der Waals surface area contributed by atoms with Crippen molar-refractivity contribution in [2.75, 3.05) is 13.1 Å². The molecule has 0 unspecified atom stereocenters. The molecule has 0 amide bonds. The maximum absolute atomic E-state index is 3.76. The molecule has 3 nitrogen and oxygen atoms in total. The lowest BCUT2D eigenvalue weighted by molar-refractivity contribution is 0.133. The van der Waals surface area contributed by atoms with Gasteiger partial charge in [0, 0.05) is 36.3 Å². The summed E-state index contributed by atoms with van der Waals surface area (Å²) in [5.74, 6) is 0. The van der Waals surface area contributed by atoms with Crippen molar-refractivity contribution in [1.29, 1.82) is 0 Å². The van der Waals surface area contributed by atoms with Crippen LogP contribution in [-0.2, 0) is 0 Å². The molecular weight excluding hydrogens is 186 g/mol. The molecule has 2 rings (SSSR count). The second-order valence-electron chi connectivity index (χ2n) is 6.52. The summed E-state index contributed by atoms with van der Waals surface area (Å²) >= 11 is 0. The highest BCUT2D eigenvalue weighted by molar-refractivity contribution is 5.01. The van der Waals surface area contributed by atoms with Crippen LogP contribution in [0.4, 0.5) is 0 Å². The molecule has 88 valence electrons. The number of piperidine rings is 1. The minimum atomic E-state index is 0.261. The smallest absolute Gasteiger partial charge is 0.0319 e. The van der Waals surface area contributed by atoms with Gasteiger partial charge >= 0.3 is 0 Å². The summed E-state index contributed by atoms with van der Waals surface area (Å²) < 4.78 is 0. The quantitative estimate of drug-likeness (QED) is 0.634. The van der Waals surface area contributed by atoms with Crippen molar-refractivity contribution >= 4 is 0 Å². The summed E-state index contributed by atoms with van der Waals surface area (Å²) in [6.07, 6.45) is 2.46. The lowest BCUT2D eigenvalue weighted by Crippen LogP contribution is -2.65. The lowest BCUT2D eigenvalue weighted by atomic mass is 9.79. The average Bonchev–Trinajstić information content (AvgIpc) is 1.90. The summed E-state index contributed by atoms with van der Waals surface area (Å²) in [6, 6.07) is 1.38. The average molecular weight is 211 g/mol. The molecule has 0 aromatic carbocycles. The van der Waals surface area contributed by atoms with E-state index >= 15 is 0 Å². The van der Waals surface area contributed by atoms with Crippen LogP contribution in [0.2, 0.25) is 0 Å². The van der Waals surface area contributed by atoms with Gasteiger partial charge in [-0.1, -0.05) is 0 Å². The molecule has 2 aliphatic heterocycles. The van der Waals surface area contributed by atoms with Gasteiger partial charge < -0.3 is 16.0 Å². The topological polar surface area (TPSA) is 36.1 Å². The van der Waals surface area contributed by atoms with E-state index in [-0.39, 0.29) is 11.1 Å². The van der Waals surface area contributed by atoms with E-state index in [1.54, 1.807) is 0 Å². The van der Waals surface area contributed by atoms with E-state index in [2.05, 4.69) is 43.6 Å². The second-order valence-corrected chi connectivity index (χ2v) is 6.52. The van der Waals surface area contributed by atoms with Gasteiger partial charge in [0.25, 0.3) is 0 Å². The van der Waals surface area contributed by atoms with Crippen molar-refractivity contribution in [3.63, 3.8) is 0 Å². The molecule has 15 heavy (non-hydrogen) atoms. The molecule has 3 heteroatoms. The Kier molecular flexibility index (Phi) is 2.82. The highest BCUT2D eigenvalue weighted by atomic mass is 15.1. The van der Waals surface area contributed by atoms with Gasteiger partial charge in [-0.15, -0.1) is 0 Å². The Hall–Kier alpha value is -0.120. The fraction of sp³-hybridized carbons (Fsp3) is 1.00. The fourth-order valence-electron chi connectivity index (χ4n) is 3.18. The highest BCUT2D eigenvalue weighted by Gasteiger charge is 2.38. The third-order valence-electron chi connectivity index (χ3n) is 3.44. The van der Waals surface area contributed by atoms with Gasteiger partial charge in [0.1, 0.15) is 0 Å². The molecule has 0 spiro atoms. The molecule has 0 saturated carbocycles. The van der Waals surface area contributed by atoms with Gasteiger partial charge in [-0.05, 0) is 40.5 Å². The predicted octanol–water partition coefficient (Wildman–Crippen LogP) is 0.857. The van der Waals surface area contributed by atoms with Crippen LogP contribution in [0, 0.1) is 0 Å². The molecule has 0 bridgehead atoms. The lowest BCUT2D eigenvalue weighted by Gasteiger charge is -2.48. The fourth-order valence-corrected chi connectivity index (χ4v) is 3.18. The Morgan fingerprint density at radius 3 is 1.87 bits per heavy atom. The van der Waals surface area contributed by atoms with Crippen LogP contribution in [0.25, 0.3) is 0 Å². The summed E-state index contributed by atoms with van der Waals surface area (Å²) in [5.41, 5.74) is 0.521. The zero-order valence-electron chi connectivity index (χ0n) is 10.5. The minimum Gasteiger partial charge on any atom is -0.314 e. The maximum Gasteiger partial charge on any atom is 0.0319 e. The molecule has 0 aromatic rings. The van der Waals surface area contributed by atoms with Crippen molar-refractivity contribution in [1.82, 2.24) is 16.0 Å². The Labute approximate surface area is 93.4 Å². The van der Waals surface area contributed by atoms with Crippen molar-refractivity contribution in [3.05, 3.63) is 0 Å².